The van der Waals surface area contributed by atoms with Crippen molar-refractivity contribution < 1.29 is 9.53 Å². The second kappa shape index (κ2) is 10.4. The maximum absolute atomic E-state index is 12.1. The lowest BCUT2D eigenvalue weighted by molar-refractivity contribution is -0.120. The van der Waals surface area contributed by atoms with E-state index in [1.54, 1.807) is 6.21 Å². The molecule has 0 aliphatic rings. The smallest absolute Gasteiger partial charge is 0.244 e. The number of benzene rings is 3. The van der Waals surface area contributed by atoms with Crippen molar-refractivity contribution in [3.8, 4) is 5.75 Å². The Morgan fingerprint density at radius 2 is 1.77 bits per heavy atom. The number of rotatable bonds is 7. The Balaban J connectivity index is 1.52. The number of halogens is 2. The molecule has 0 saturated heterocycles. The molecule has 0 aliphatic carbocycles. The maximum Gasteiger partial charge on any atom is 0.244 e. The minimum absolute atomic E-state index is 0.156. The van der Waals surface area contributed by atoms with Crippen LogP contribution in [0.5, 0.6) is 5.75 Å². The van der Waals surface area contributed by atoms with Gasteiger partial charge >= 0.3 is 0 Å². The van der Waals surface area contributed by atoms with Crippen LogP contribution in [0.4, 0.5) is 0 Å². The fourth-order valence-corrected chi connectivity index (χ4v) is 3.41. The van der Waals surface area contributed by atoms with Crippen molar-refractivity contribution in [2.24, 2.45) is 5.10 Å². The minimum Gasteiger partial charge on any atom is -0.488 e. The average molecular weight is 486 g/mol. The highest BCUT2D eigenvalue weighted by atomic mass is 79.9. The summed E-state index contributed by atoms with van der Waals surface area (Å²) in [7, 11) is 0. The van der Waals surface area contributed by atoms with Crippen LogP contribution >= 0.6 is 27.5 Å². The number of amides is 1. The molecule has 4 nitrogen and oxygen atoms in total. The Kier molecular flexibility index (Phi) is 7.66. The van der Waals surface area contributed by atoms with Crippen LogP contribution in [0.2, 0.25) is 5.02 Å². The lowest BCUT2D eigenvalue weighted by Gasteiger charge is -2.09. The molecule has 3 aromatic rings. The Hall–Kier alpha value is -2.63. The average Bonchev–Trinajstić information content (AvgIpc) is 2.71. The van der Waals surface area contributed by atoms with Gasteiger partial charge in [0.15, 0.2) is 0 Å². The highest BCUT2D eigenvalue weighted by molar-refractivity contribution is 9.10. The molecule has 0 spiro atoms. The topological polar surface area (TPSA) is 50.7 Å². The standard InChI is InChI=1S/C24H22BrClN2O2/c1-16-3-4-19(11-17(16)2)13-24(29)28-27-14-20-7-10-23(22(25)12-20)30-15-18-5-8-21(26)9-6-18/h3-12,14H,13,15H2,1-2H3,(H,28,29)/b27-14-. The third-order valence-electron chi connectivity index (χ3n) is 4.60. The van der Waals surface area contributed by atoms with Crippen molar-refractivity contribution in [1.82, 2.24) is 5.43 Å². The molecule has 0 atom stereocenters. The van der Waals surface area contributed by atoms with Crippen LogP contribution in [0.25, 0.3) is 0 Å². The van der Waals surface area contributed by atoms with Crippen LogP contribution in [-0.2, 0) is 17.8 Å². The molecule has 0 fully saturated rings. The van der Waals surface area contributed by atoms with Crippen molar-refractivity contribution >= 4 is 39.7 Å². The van der Waals surface area contributed by atoms with Gasteiger partial charge in [-0.25, -0.2) is 5.43 Å². The molecule has 0 heterocycles. The summed E-state index contributed by atoms with van der Waals surface area (Å²) in [6.07, 6.45) is 1.89. The van der Waals surface area contributed by atoms with Gasteiger partial charge in [-0.3, -0.25) is 4.79 Å². The van der Waals surface area contributed by atoms with Crippen LogP contribution in [-0.4, -0.2) is 12.1 Å². The fourth-order valence-electron chi connectivity index (χ4n) is 2.77. The molecule has 0 saturated carbocycles. The normalized spacial score (nSPS) is 10.9. The first-order chi connectivity index (χ1) is 14.4. The van der Waals surface area contributed by atoms with Gasteiger partial charge in [-0.2, -0.15) is 5.10 Å². The summed E-state index contributed by atoms with van der Waals surface area (Å²) in [6, 6.07) is 19.2. The first-order valence-electron chi connectivity index (χ1n) is 9.45. The largest absolute Gasteiger partial charge is 0.488 e. The zero-order chi connectivity index (χ0) is 21.5. The number of hydrogen-bond donors (Lipinski definition) is 1. The summed E-state index contributed by atoms with van der Waals surface area (Å²) in [4.78, 5) is 12.1. The minimum atomic E-state index is -0.156. The number of carbonyl (C=O) groups is 1. The molecule has 154 valence electrons. The van der Waals surface area contributed by atoms with Gasteiger partial charge in [-0.05, 0) is 87.9 Å². The number of aryl methyl sites for hydroxylation is 2. The second-order valence-corrected chi connectivity index (χ2v) is 8.28. The van der Waals surface area contributed by atoms with E-state index in [9.17, 15) is 4.79 Å². The van der Waals surface area contributed by atoms with Crippen LogP contribution < -0.4 is 10.2 Å². The molecule has 1 amide bonds. The van der Waals surface area contributed by atoms with E-state index in [2.05, 4.69) is 33.4 Å². The Bertz CT molecular complexity index is 1070. The van der Waals surface area contributed by atoms with E-state index >= 15 is 0 Å². The van der Waals surface area contributed by atoms with E-state index in [0.717, 1.165) is 26.9 Å². The summed E-state index contributed by atoms with van der Waals surface area (Å²) in [5.41, 5.74) is 7.80. The van der Waals surface area contributed by atoms with E-state index in [1.807, 2.05) is 67.6 Å². The van der Waals surface area contributed by atoms with Crippen molar-refractivity contribution in [2.75, 3.05) is 0 Å². The van der Waals surface area contributed by atoms with E-state index in [4.69, 9.17) is 16.3 Å². The summed E-state index contributed by atoms with van der Waals surface area (Å²) < 4.78 is 6.65. The first kappa shape index (κ1) is 22.1. The van der Waals surface area contributed by atoms with Gasteiger partial charge in [0.25, 0.3) is 0 Å². The number of ether oxygens (including phenoxy) is 1. The first-order valence-corrected chi connectivity index (χ1v) is 10.6. The highest BCUT2D eigenvalue weighted by Crippen LogP contribution is 2.26. The number of hydrazone groups is 1. The molecule has 1 N–H and O–H groups in total. The lowest BCUT2D eigenvalue weighted by Crippen LogP contribution is -2.19. The van der Waals surface area contributed by atoms with Crippen LogP contribution in [0.3, 0.4) is 0 Å². The number of hydrogen-bond acceptors (Lipinski definition) is 3. The zero-order valence-corrected chi connectivity index (χ0v) is 19.1. The molecule has 3 rings (SSSR count). The van der Waals surface area contributed by atoms with Gasteiger partial charge in [0, 0.05) is 5.02 Å². The molecule has 0 aromatic heterocycles. The van der Waals surface area contributed by atoms with Crippen molar-refractivity contribution in [3.63, 3.8) is 0 Å². The monoisotopic (exact) mass is 484 g/mol. The predicted octanol–water partition coefficient (Wildman–Crippen LogP) is 5.99. The number of carbonyl (C=O) groups excluding carboxylic acids is 1. The van der Waals surface area contributed by atoms with Crippen molar-refractivity contribution in [3.05, 3.63) is 98.0 Å². The molecule has 0 aliphatic heterocycles. The third-order valence-corrected chi connectivity index (χ3v) is 5.47. The Morgan fingerprint density at radius 3 is 2.47 bits per heavy atom. The Labute approximate surface area is 190 Å². The van der Waals surface area contributed by atoms with Gasteiger partial charge < -0.3 is 4.74 Å². The summed E-state index contributed by atoms with van der Waals surface area (Å²) in [6.45, 7) is 4.53. The highest BCUT2D eigenvalue weighted by Gasteiger charge is 2.05. The van der Waals surface area contributed by atoms with Gasteiger partial charge in [-0.15, -0.1) is 0 Å². The number of nitrogens with zero attached hydrogens (tertiary/aromatic N) is 1. The number of nitrogens with one attached hydrogen (secondary N) is 1. The molecule has 0 radical (unpaired) electrons. The summed E-state index contributed by atoms with van der Waals surface area (Å²) in [5.74, 6) is 0.567. The van der Waals surface area contributed by atoms with Gasteiger partial charge in [-0.1, -0.05) is 41.9 Å². The van der Waals surface area contributed by atoms with Crippen LogP contribution in [0.15, 0.2) is 70.2 Å². The molecule has 0 unspecified atom stereocenters. The summed E-state index contributed by atoms with van der Waals surface area (Å²) >= 11 is 9.41. The Morgan fingerprint density at radius 1 is 1.03 bits per heavy atom. The molecular weight excluding hydrogens is 464 g/mol. The molecule has 3 aromatic carbocycles. The fraction of sp³-hybridized carbons (Fsp3) is 0.167. The third kappa shape index (κ3) is 6.44. The van der Waals surface area contributed by atoms with Crippen LogP contribution in [0, 0.1) is 13.8 Å². The SMILES string of the molecule is Cc1ccc(CC(=O)N/N=C\c2ccc(OCc3ccc(Cl)cc3)c(Br)c2)cc1C. The maximum atomic E-state index is 12.1. The quantitative estimate of drug-likeness (QED) is 0.330. The molecule has 0 bridgehead atoms. The second-order valence-electron chi connectivity index (χ2n) is 6.99. The van der Waals surface area contributed by atoms with E-state index in [0.29, 0.717) is 18.1 Å². The predicted molar refractivity (Wildman–Crippen MR) is 125 cm³/mol. The van der Waals surface area contributed by atoms with Gasteiger partial charge in [0.2, 0.25) is 5.91 Å². The summed E-state index contributed by atoms with van der Waals surface area (Å²) in [5, 5.41) is 4.75. The van der Waals surface area contributed by atoms with Crippen molar-refractivity contribution in [1.29, 1.82) is 0 Å². The van der Waals surface area contributed by atoms with E-state index < -0.39 is 0 Å². The van der Waals surface area contributed by atoms with Gasteiger partial charge in [0.05, 0.1) is 17.1 Å². The van der Waals surface area contributed by atoms with Crippen molar-refractivity contribution in [2.45, 2.75) is 26.9 Å². The molecule has 30 heavy (non-hydrogen) atoms. The van der Waals surface area contributed by atoms with Gasteiger partial charge in [0.1, 0.15) is 12.4 Å². The molecule has 6 heteroatoms. The van der Waals surface area contributed by atoms with Crippen LogP contribution in [0.1, 0.15) is 27.8 Å². The zero-order valence-electron chi connectivity index (χ0n) is 16.8. The van der Waals surface area contributed by atoms with E-state index in [-0.39, 0.29) is 5.91 Å². The van der Waals surface area contributed by atoms with E-state index in [1.165, 1.54) is 11.1 Å². The lowest BCUT2D eigenvalue weighted by atomic mass is 10.0. The molecular formula is C24H22BrClN2O2.